The zero-order valence-electron chi connectivity index (χ0n) is 17.0. The van der Waals surface area contributed by atoms with Crippen molar-refractivity contribution in [3.8, 4) is 11.5 Å². The quantitative estimate of drug-likeness (QED) is 0.138. The second-order valence-corrected chi connectivity index (χ2v) is 7.72. The molecule has 0 fully saturated rings. The van der Waals surface area contributed by atoms with Crippen molar-refractivity contribution in [2.24, 2.45) is 0 Å². The highest BCUT2D eigenvalue weighted by Gasteiger charge is 2.04. The SMILES string of the molecule is O=Cc1ccccc1OCCCCOc1ccccc1/C=C/C(=O)c1ccc(Br)cc1. The lowest BCUT2D eigenvalue weighted by molar-refractivity contribution is 0.104. The number of ether oxygens (including phenoxy) is 2. The maximum atomic E-state index is 12.4. The zero-order valence-corrected chi connectivity index (χ0v) is 18.6. The molecule has 0 aromatic heterocycles. The molecule has 0 saturated heterocycles. The number of halogens is 1. The smallest absolute Gasteiger partial charge is 0.185 e. The summed E-state index contributed by atoms with van der Waals surface area (Å²) in [5.41, 5.74) is 2.04. The Hall–Kier alpha value is -3.18. The van der Waals surface area contributed by atoms with Gasteiger partial charge in [0.05, 0.1) is 18.8 Å². The number of para-hydroxylation sites is 2. The van der Waals surface area contributed by atoms with Gasteiger partial charge in [0.2, 0.25) is 0 Å². The monoisotopic (exact) mass is 478 g/mol. The van der Waals surface area contributed by atoms with Gasteiger partial charge in [-0.3, -0.25) is 9.59 Å². The third-order valence-corrected chi connectivity index (χ3v) is 5.09. The summed E-state index contributed by atoms with van der Waals surface area (Å²) in [4.78, 5) is 23.4. The second kappa shape index (κ2) is 11.9. The van der Waals surface area contributed by atoms with E-state index in [1.807, 2.05) is 48.5 Å². The molecule has 31 heavy (non-hydrogen) atoms. The van der Waals surface area contributed by atoms with E-state index in [4.69, 9.17) is 9.47 Å². The van der Waals surface area contributed by atoms with E-state index in [2.05, 4.69) is 15.9 Å². The van der Waals surface area contributed by atoms with Crippen LogP contribution in [0.15, 0.2) is 83.3 Å². The van der Waals surface area contributed by atoms with E-state index in [-0.39, 0.29) is 5.78 Å². The van der Waals surface area contributed by atoms with Crippen molar-refractivity contribution >= 4 is 34.1 Å². The third kappa shape index (κ3) is 6.93. The normalized spacial score (nSPS) is 10.7. The summed E-state index contributed by atoms with van der Waals surface area (Å²) in [6.07, 6.45) is 5.74. The molecule has 3 rings (SSSR count). The predicted octanol–water partition coefficient (Wildman–Crippen LogP) is 6.40. The molecule has 3 aromatic rings. The van der Waals surface area contributed by atoms with Gasteiger partial charge < -0.3 is 9.47 Å². The molecule has 0 spiro atoms. The molecule has 0 amide bonds. The van der Waals surface area contributed by atoms with Gasteiger partial charge in [-0.05, 0) is 67.5 Å². The molecule has 0 unspecified atom stereocenters. The zero-order chi connectivity index (χ0) is 21.9. The second-order valence-electron chi connectivity index (χ2n) is 6.80. The van der Waals surface area contributed by atoms with Crippen LogP contribution in [0.3, 0.4) is 0 Å². The number of ketones is 1. The van der Waals surface area contributed by atoms with Crippen molar-refractivity contribution in [3.05, 3.63) is 100 Å². The van der Waals surface area contributed by atoms with Crippen LogP contribution in [0.2, 0.25) is 0 Å². The van der Waals surface area contributed by atoms with Gasteiger partial charge >= 0.3 is 0 Å². The van der Waals surface area contributed by atoms with Crippen molar-refractivity contribution in [2.75, 3.05) is 13.2 Å². The van der Waals surface area contributed by atoms with Gasteiger partial charge in [-0.2, -0.15) is 0 Å². The molecule has 0 heterocycles. The summed E-state index contributed by atoms with van der Waals surface area (Å²) in [6, 6.07) is 22.1. The Labute approximate surface area is 190 Å². The number of carbonyl (C=O) groups is 2. The summed E-state index contributed by atoms with van der Waals surface area (Å²) in [5.74, 6) is 1.27. The molecule has 158 valence electrons. The lowest BCUT2D eigenvalue weighted by atomic mass is 10.1. The number of hydrogen-bond donors (Lipinski definition) is 0. The molecule has 0 aliphatic carbocycles. The molecule has 0 N–H and O–H groups in total. The van der Waals surface area contributed by atoms with Gasteiger partial charge in [-0.25, -0.2) is 0 Å². The van der Waals surface area contributed by atoms with Crippen LogP contribution in [0.4, 0.5) is 0 Å². The van der Waals surface area contributed by atoms with Crippen LogP contribution >= 0.6 is 15.9 Å². The van der Waals surface area contributed by atoms with Crippen LogP contribution in [-0.2, 0) is 0 Å². The largest absolute Gasteiger partial charge is 0.493 e. The maximum Gasteiger partial charge on any atom is 0.185 e. The molecule has 0 saturated carbocycles. The van der Waals surface area contributed by atoms with Gasteiger partial charge in [0.25, 0.3) is 0 Å². The van der Waals surface area contributed by atoms with Crippen LogP contribution in [0.25, 0.3) is 6.08 Å². The molecular formula is C26H23BrO4. The Balaban J connectivity index is 1.47. The fraction of sp³-hybridized carbons (Fsp3) is 0.154. The number of rotatable bonds is 11. The Morgan fingerprint density at radius 1 is 0.774 bits per heavy atom. The first-order valence-electron chi connectivity index (χ1n) is 10.0. The highest BCUT2D eigenvalue weighted by Crippen LogP contribution is 2.21. The summed E-state index contributed by atoms with van der Waals surface area (Å²) in [7, 11) is 0. The van der Waals surface area contributed by atoms with E-state index in [0.717, 1.165) is 34.9 Å². The Morgan fingerprint density at radius 3 is 1.94 bits per heavy atom. The fourth-order valence-electron chi connectivity index (χ4n) is 2.90. The fourth-order valence-corrected chi connectivity index (χ4v) is 3.17. The van der Waals surface area contributed by atoms with E-state index in [9.17, 15) is 9.59 Å². The first kappa shape index (κ1) is 22.5. The topological polar surface area (TPSA) is 52.6 Å². The molecule has 5 heteroatoms. The number of unbranched alkanes of at least 4 members (excludes halogenated alkanes) is 1. The number of allylic oxidation sites excluding steroid dienone is 1. The van der Waals surface area contributed by atoms with Crippen LogP contribution in [0, 0.1) is 0 Å². The Kier molecular flexibility index (Phi) is 8.61. The van der Waals surface area contributed by atoms with Crippen LogP contribution in [0.1, 0.15) is 39.1 Å². The maximum absolute atomic E-state index is 12.4. The number of hydrogen-bond acceptors (Lipinski definition) is 4. The van der Waals surface area contributed by atoms with Gasteiger partial charge in [0.15, 0.2) is 12.1 Å². The molecular weight excluding hydrogens is 456 g/mol. The van der Waals surface area contributed by atoms with Crippen molar-refractivity contribution < 1.29 is 19.1 Å². The summed E-state index contributed by atoms with van der Waals surface area (Å²) in [6.45, 7) is 1.04. The Morgan fingerprint density at radius 2 is 1.32 bits per heavy atom. The first-order valence-corrected chi connectivity index (χ1v) is 10.8. The molecule has 0 aliphatic rings. The number of benzene rings is 3. The summed E-state index contributed by atoms with van der Waals surface area (Å²) in [5, 5.41) is 0. The van der Waals surface area contributed by atoms with Crippen LogP contribution < -0.4 is 9.47 Å². The minimum Gasteiger partial charge on any atom is -0.493 e. The lowest BCUT2D eigenvalue weighted by Gasteiger charge is -2.10. The van der Waals surface area contributed by atoms with E-state index < -0.39 is 0 Å². The van der Waals surface area contributed by atoms with Gasteiger partial charge in [0, 0.05) is 15.6 Å². The average molecular weight is 479 g/mol. The van der Waals surface area contributed by atoms with Crippen LogP contribution in [0.5, 0.6) is 11.5 Å². The predicted molar refractivity (Wildman–Crippen MR) is 126 cm³/mol. The van der Waals surface area contributed by atoms with Gasteiger partial charge in [0.1, 0.15) is 11.5 Å². The van der Waals surface area contributed by atoms with Crippen LogP contribution in [-0.4, -0.2) is 25.3 Å². The average Bonchev–Trinajstić information content (AvgIpc) is 2.81. The van der Waals surface area contributed by atoms with E-state index in [1.54, 1.807) is 36.4 Å². The van der Waals surface area contributed by atoms with E-state index >= 15 is 0 Å². The standard InChI is InChI=1S/C26H23BrO4/c27-23-14-11-20(12-15-23)24(29)16-13-21-7-1-3-9-25(21)30-17-5-6-18-31-26-10-4-2-8-22(26)19-28/h1-4,7-16,19H,5-6,17-18H2/b16-13+. The van der Waals surface area contributed by atoms with E-state index in [1.165, 1.54) is 0 Å². The highest BCUT2D eigenvalue weighted by atomic mass is 79.9. The molecule has 3 aromatic carbocycles. The van der Waals surface area contributed by atoms with Crippen molar-refractivity contribution in [1.82, 2.24) is 0 Å². The molecule has 0 atom stereocenters. The number of carbonyl (C=O) groups excluding carboxylic acids is 2. The molecule has 4 nitrogen and oxygen atoms in total. The van der Waals surface area contributed by atoms with Gasteiger partial charge in [-0.1, -0.05) is 46.3 Å². The van der Waals surface area contributed by atoms with Crippen molar-refractivity contribution in [1.29, 1.82) is 0 Å². The minimum absolute atomic E-state index is 0.0601. The minimum atomic E-state index is -0.0601. The third-order valence-electron chi connectivity index (χ3n) is 4.56. The molecule has 0 radical (unpaired) electrons. The summed E-state index contributed by atoms with van der Waals surface area (Å²) >= 11 is 3.37. The first-order chi connectivity index (χ1) is 15.2. The van der Waals surface area contributed by atoms with E-state index in [0.29, 0.717) is 30.1 Å². The van der Waals surface area contributed by atoms with Crippen molar-refractivity contribution in [2.45, 2.75) is 12.8 Å². The van der Waals surface area contributed by atoms with Gasteiger partial charge in [-0.15, -0.1) is 0 Å². The summed E-state index contributed by atoms with van der Waals surface area (Å²) < 4.78 is 12.5. The molecule has 0 bridgehead atoms. The lowest BCUT2D eigenvalue weighted by Crippen LogP contribution is -2.04. The Bertz CT molecular complexity index is 1040. The highest BCUT2D eigenvalue weighted by molar-refractivity contribution is 9.10. The molecule has 0 aliphatic heterocycles. The number of aldehydes is 1. The van der Waals surface area contributed by atoms with Crippen molar-refractivity contribution in [3.63, 3.8) is 0 Å².